The molecule has 5 rings (SSSR count). The summed E-state index contributed by atoms with van der Waals surface area (Å²) in [7, 11) is 2.23. The van der Waals surface area contributed by atoms with Gasteiger partial charge in [0.25, 0.3) is 0 Å². The summed E-state index contributed by atoms with van der Waals surface area (Å²) in [5.74, 6) is -0.0298. The Kier molecular flexibility index (Phi) is 4.89. The third-order valence-electron chi connectivity index (χ3n) is 6.03. The first-order chi connectivity index (χ1) is 14.7. The zero-order chi connectivity index (χ0) is 20.5. The molecule has 1 aliphatic rings. The summed E-state index contributed by atoms with van der Waals surface area (Å²) in [5, 5.41) is 6.43. The van der Waals surface area contributed by atoms with Gasteiger partial charge in [-0.3, -0.25) is 4.79 Å². The van der Waals surface area contributed by atoms with Crippen LogP contribution in [-0.2, 0) is 11.2 Å². The molecule has 5 heteroatoms. The van der Waals surface area contributed by atoms with Crippen LogP contribution in [0.25, 0.3) is 21.7 Å². The minimum absolute atomic E-state index is 0.0298. The van der Waals surface area contributed by atoms with E-state index in [-0.39, 0.29) is 12.3 Å². The van der Waals surface area contributed by atoms with Crippen LogP contribution in [0.2, 0.25) is 0 Å². The second-order valence-electron chi connectivity index (χ2n) is 8.11. The first-order valence-corrected chi connectivity index (χ1v) is 10.5. The summed E-state index contributed by atoms with van der Waals surface area (Å²) in [6.07, 6.45) is 1.99. The molecule has 1 fully saturated rings. The van der Waals surface area contributed by atoms with Crippen molar-refractivity contribution in [3.63, 3.8) is 0 Å². The molecule has 3 aromatic carbocycles. The topological polar surface area (TPSA) is 49.9 Å². The molecule has 2 heterocycles. The maximum atomic E-state index is 13.0. The number of amides is 1. The average molecular weight is 401 g/mol. The lowest BCUT2D eigenvalue weighted by Crippen LogP contribution is -3.12. The Morgan fingerprint density at radius 3 is 2.67 bits per heavy atom. The Labute approximate surface area is 175 Å². The highest BCUT2D eigenvalue weighted by Gasteiger charge is 2.20. The quantitative estimate of drug-likeness (QED) is 0.554. The lowest BCUT2D eigenvalue weighted by molar-refractivity contribution is -0.880. The molecule has 0 saturated carbocycles. The van der Waals surface area contributed by atoms with Gasteiger partial charge in [-0.1, -0.05) is 42.5 Å². The number of para-hydroxylation sites is 2. The van der Waals surface area contributed by atoms with Crippen molar-refractivity contribution in [1.82, 2.24) is 0 Å². The fourth-order valence-electron chi connectivity index (χ4n) is 4.36. The van der Waals surface area contributed by atoms with Gasteiger partial charge in [-0.2, -0.15) is 0 Å². The molecular formula is C25H26N3O2+. The van der Waals surface area contributed by atoms with E-state index in [4.69, 9.17) is 4.42 Å². The monoisotopic (exact) mass is 400 g/mol. The Morgan fingerprint density at radius 2 is 1.80 bits per heavy atom. The molecule has 1 saturated heterocycles. The van der Waals surface area contributed by atoms with Gasteiger partial charge in [-0.05, 0) is 29.0 Å². The number of benzene rings is 3. The van der Waals surface area contributed by atoms with Crippen molar-refractivity contribution in [1.29, 1.82) is 0 Å². The van der Waals surface area contributed by atoms with E-state index in [9.17, 15) is 4.79 Å². The number of hydrogen-bond donors (Lipinski definition) is 2. The standard InChI is InChI=1S/C25H25N3O2/c1-27-12-14-28(15-13-27)22-9-5-4-8-21(22)26-24(29)16-19-17-30-23-11-10-18-6-2-3-7-20(18)25(19)23/h2-11,17H,12-16H2,1H3,(H,26,29)/p+1. The van der Waals surface area contributed by atoms with Crippen LogP contribution in [0.5, 0.6) is 0 Å². The summed E-state index contributed by atoms with van der Waals surface area (Å²) in [6, 6.07) is 20.3. The lowest BCUT2D eigenvalue weighted by atomic mass is 10.0. The molecular weight excluding hydrogens is 374 g/mol. The number of rotatable bonds is 4. The van der Waals surface area contributed by atoms with Crippen LogP contribution in [-0.4, -0.2) is 39.1 Å². The smallest absolute Gasteiger partial charge is 0.228 e. The van der Waals surface area contributed by atoms with E-state index in [0.29, 0.717) is 0 Å². The fourth-order valence-corrected chi connectivity index (χ4v) is 4.36. The van der Waals surface area contributed by atoms with Crippen LogP contribution in [0.1, 0.15) is 5.56 Å². The van der Waals surface area contributed by atoms with E-state index < -0.39 is 0 Å². The largest absolute Gasteiger partial charge is 0.464 e. The second kappa shape index (κ2) is 7.84. The summed E-state index contributed by atoms with van der Waals surface area (Å²) in [4.78, 5) is 16.9. The van der Waals surface area contributed by atoms with Gasteiger partial charge < -0.3 is 19.5 Å². The normalized spacial score (nSPS) is 15.0. The predicted octanol–water partition coefficient (Wildman–Crippen LogP) is 3.10. The van der Waals surface area contributed by atoms with Crippen molar-refractivity contribution < 1.29 is 14.1 Å². The maximum absolute atomic E-state index is 13.0. The zero-order valence-electron chi connectivity index (χ0n) is 17.2. The van der Waals surface area contributed by atoms with E-state index in [1.807, 2.05) is 36.4 Å². The van der Waals surface area contributed by atoms with Crippen molar-refractivity contribution in [2.24, 2.45) is 0 Å². The minimum Gasteiger partial charge on any atom is -0.464 e. The second-order valence-corrected chi connectivity index (χ2v) is 8.11. The van der Waals surface area contributed by atoms with Gasteiger partial charge in [-0.15, -0.1) is 0 Å². The van der Waals surface area contributed by atoms with Crippen LogP contribution < -0.4 is 15.1 Å². The average Bonchev–Trinajstić information content (AvgIpc) is 3.18. The highest BCUT2D eigenvalue weighted by molar-refractivity contribution is 6.09. The number of anilines is 2. The van der Waals surface area contributed by atoms with Crippen molar-refractivity contribution in [3.8, 4) is 0 Å². The van der Waals surface area contributed by atoms with E-state index >= 15 is 0 Å². The summed E-state index contributed by atoms with van der Waals surface area (Å²) >= 11 is 0. The molecule has 5 nitrogen and oxygen atoms in total. The Morgan fingerprint density at radius 1 is 1.03 bits per heavy atom. The first-order valence-electron chi connectivity index (χ1n) is 10.5. The van der Waals surface area contributed by atoms with E-state index in [1.54, 1.807) is 11.2 Å². The van der Waals surface area contributed by atoms with Crippen molar-refractivity contribution in [2.45, 2.75) is 6.42 Å². The number of quaternary nitrogens is 1. The lowest BCUT2D eigenvalue weighted by Gasteiger charge is -2.33. The number of piperazine rings is 1. The van der Waals surface area contributed by atoms with Crippen LogP contribution in [0, 0.1) is 0 Å². The molecule has 1 aromatic heterocycles. The number of hydrogen-bond acceptors (Lipinski definition) is 3. The first kappa shape index (κ1) is 18.7. The van der Waals surface area contributed by atoms with Crippen LogP contribution in [0.3, 0.4) is 0 Å². The highest BCUT2D eigenvalue weighted by Crippen LogP contribution is 2.31. The molecule has 30 heavy (non-hydrogen) atoms. The number of furan rings is 1. The molecule has 0 bridgehead atoms. The number of nitrogens with one attached hydrogen (secondary N) is 2. The molecule has 0 unspecified atom stereocenters. The maximum Gasteiger partial charge on any atom is 0.228 e. The van der Waals surface area contributed by atoms with Crippen LogP contribution in [0.15, 0.2) is 71.3 Å². The molecule has 0 spiro atoms. The third kappa shape index (κ3) is 3.53. The zero-order valence-corrected chi connectivity index (χ0v) is 17.2. The Bertz CT molecular complexity index is 1210. The number of carbonyl (C=O) groups excluding carboxylic acids is 1. The van der Waals surface area contributed by atoms with E-state index in [2.05, 4.69) is 41.5 Å². The molecule has 4 aromatic rings. The number of nitrogens with zero attached hydrogens (tertiary/aromatic N) is 1. The molecule has 2 N–H and O–H groups in total. The van der Waals surface area contributed by atoms with Gasteiger partial charge in [0.05, 0.1) is 57.3 Å². The van der Waals surface area contributed by atoms with E-state index in [0.717, 1.165) is 64.9 Å². The summed E-state index contributed by atoms with van der Waals surface area (Å²) in [6.45, 7) is 4.21. The number of fused-ring (bicyclic) bond motifs is 3. The molecule has 152 valence electrons. The minimum atomic E-state index is -0.0298. The molecule has 0 aliphatic carbocycles. The van der Waals surface area contributed by atoms with Gasteiger partial charge in [0.1, 0.15) is 5.58 Å². The van der Waals surface area contributed by atoms with Gasteiger partial charge in [0.15, 0.2) is 0 Å². The number of carbonyl (C=O) groups is 1. The fraction of sp³-hybridized carbons (Fsp3) is 0.240. The Balaban J connectivity index is 1.39. The van der Waals surface area contributed by atoms with Crippen molar-refractivity contribution in [3.05, 3.63) is 72.5 Å². The van der Waals surface area contributed by atoms with Gasteiger partial charge in [0.2, 0.25) is 5.91 Å². The van der Waals surface area contributed by atoms with Gasteiger partial charge in [-0.25, -0.2) is 0 Å². The summed E-state index contributed by atoms with van der Waals surface area (Å²) < 4.78 is 5.75. The third-order valence-corrected chi connectivity index (χ3v) is 6.03. The summed E-state index contributed by atoms with van der Waals surface area (Å²) in [5.41, 5.74) is 3.71. The highest BCUT2D eigenvalue weighted by atomic mass is 16.3. The predicted molar refractivity (Wildman–Crippen MR) is 121 cm³/mol. The van der Waals surface area contributed by atoms with Crippen molar-refractivity contribution >= 4 is 39.0 Å². The van der Waals surface area contributed by atoms with Gasteiger partial charge >= 0.3 is 0 Å². The van der Waals surface area contributed by atoms with Crippen LogP contribution in [0.4, 0.5) is 11.4 Å². The molecule has 1 aliphatic heterocycles. The Hall–Kier alpha value is -3.31. The molecule has 1 amide bonds. The van der Waals surface area contributed by atoms with E-state index in [1.165, 1.54) is 0 Å². The van der Waals surface area contributed by atoms with Gasteiger partial charge in [0, 0.05) is 10.9 Å². The molecule has 0 radical (unpaired) electrons. The van der Waals surface area contributed by atoms with Crippen LogP contribution >= 0.6 is 0 Å². The van der Waals surface area contributed by atoms with Crippen molar-refractivity contribution in [2.75, 3.05) is 43.4 Å². The number of likely N-dealkylation sites (N-methyl/N-ethyl adjacent to an activating group) is 1. The SMILES string of the molecule is C[NH+]1CCN(c2ccccc2NC(=O)Cc2coc3ccc4ccccc4c23)CC1. The molecule has 0 atom stereocenters.